The average molecular weight is 265 g/mol. The van der Waals surface area contributed by atoms with E-state index in [9.17, 15) is 0 Å². The number of rotatable bonds is 1. The van der Waals surface area contributed by atoms with Crippen molar-refractivity contribution in [3.63, 3.8) is 0 Å². The summed E-state index contributed by atoms with van der Waals surface area (Å²) in [5, 5.41) is 0. The fraction of sp³-hybridized carbons (Fsp3) is 0.400. The van der Waals surface area contributed by atoms with Crippen molar-refractivity contribution in [3.05, 3.63) is 33.8 Å². The molecule has 0 amide bonds. The Balaban J connectivity index is 0.00000144. The minimum atomic E-state index is -0.245. The third-order valence-corrected chi connectivity index (χ3v) is 2.79. The smallest absolute Gasteiger partial charge is 0.0352 e. The molecule has 0 fully saturated rings. The lowest BCUT2D eigenvalue weighted by Gasteiger charge is -2.19. The van der Waals surface area contributed by atoms with Gasteiger partial charge in [-0.1, -0.05) is 28.1 Å². The minimum absolute atomic E-state index is 0. The van der Waals surface area contributed by atoms with Crippen LogP contribution in [0.25, 0.3) is 0 Å². The van der Waals surface area contributed by atoms with Gasteiger partial charge in [0.1, 0.15) is 0 Å². The Kier molecular flexibility index (Phi) is 4.43. The fourth-order valence-electron chi connectivity index (χ4n) is 1.05. The van der Waals surface area contributed by atoms with Crippen molar-refractivity contribution in [2.45, 2.75) is 26.3 Å². The second-order valence-electron chi connectivity index (χ2n) is 3.69. The molecule has 1 rings (SSSR count). The molecule has 0 aromatic heterocycles. The summed E-state index contributed by atoms with van der Waals surface area (Å²) < 4.78 is 1.13. The number of halogens is 2. The molecule has 0 aliphatic carbocycles. The molecule has 0 saturated carbocycles. The van der Waals surface area contributed by atoms with Gasteiger partial charge in [0.2, 0.25) is 0 Å². The topological polar surface area (TPSA) is 26.0 Å². The van der Waals surface area contributed by atoms with Crippen LogP contribution in [0, 0.1) is 6.92 Å². The van der Waals surface area contributed by atoms with Crippen LogP contribution in [0.3, 0.4) is 0 Å². The molecule has 74 valence electrons. The zero-order valence-electron chi connectivity index (χ0n) is 8.10. The molecule has 0 atom stereocenters. The number of aryl methyl sites for hydroxylation is 1. The lowest BCUT2D eigenvalue weighted by atomic mass is 9.94. The van der Waals surface area contributed by atoms with Crippen molar-refractivity contribution >= 4 is 28.3 Å². The van der Waals surface area contributed by atoms with Crippen molar-refractivity contribution in [1.82, 2.24) is 0 Å². The van der Waals surface area contributed by atoms with Gasteiger partial charge in [0, 0.05) is 10.0 Å². The van der Waals surface area contributed by atoms with Crippen molar-refractivity contribution in [2.75, 3.05) is 0 Å². The summed E-state index contributed by atoms with van der Waals surface area (Å²) in [7, 11) is 0. The van der Waals surface area contributed by atoms with Crippen molar-refractivity contribution in [3.8, 4) is 0 Å². The predicted octanol–water partition coefficient (Wildman–Crippen LogP) is 3.37. The number of hydrogen-bond acceptors (Lipinski definition) is 1. The maximum absolute atomic E-state index is 5.96. The van der Waals surface area contributed by atoms with Crippen LogP contribution in [0.5, 0.6) is 0 Å². The van der Waals surface area contributed by atoms with Gasteiger partial charge in [-0.25, -0.2) is 0 Å². The van der Waals surface area contributed by atoms with Crippen LogP contribution in [-0.4, -0.2) is 0 Å². The highest BCUT2D eigenvalue weighted by Crippen LogP contribution is 2.22. The van der Waals surface area contributed by atoms with E-state index >= 15 is 0 Å². The fourth-order valence-corrected chi connectivity index (χ4v) is 1.29. The highest BCUT2D eigenvalue weighted by Gasteiger charge is 2.13. The highest BCUT2D eigenvalue weighted by molar-refractivity contribution is 9.10. The first kappa shape index (κ1) is 12.9. The summed E-state index contributed by atoms with van der Waals surface area (Å²) >= 11 is 3.46. The molecule has 13 heavy (non-hydrogen) atoms. The van der Waals surface area contributed by atoms with E-state index in [-0.39, 0.29) is 17.9 Å². The van der Waals surface area contributed by atoms with Gasteiger partial charge in [-0.3, -0.25) is 0 Å². The predicted molar refractivity (Wildman–Crippen MR) is 63.3 cm³/mol. The van der Waals surface area contributed by atoms with E-state index < -0.39 is 0 Å². The first-order valence-electron chi connectivity index (χ1n) is 3.97. The Morgan fingerprint density at radius 1 is 1.31 bits per heavy atom. The van der Waals surface area contributed by atoms with Crippen molar-refractivity contribution < 1.29 is 0 Å². The van der Waals surface area contributed by atoms with Crippen LogP contribution >= 0.6 is 28.3 Å². The van der Waals surface area contributed by atoms with E-state index in [4.69, 9.17) is 5.73 Å². The maximum Gasteiger partial charge on any atom is 0.0352 e. The van der Waals surface area contributed by atoms with Gasteiger partial charge in [-0.05, 0) is 38.0 Å². The normalized spacial score (nSPS) is 10.8. The Labute approximate surface area is 94.3 Å². The molecule has 0 saturated heterocycles. The highest BCUT2D eigenvalue weighted by atomic mass is 79.9. The largest absolute Gasteiger partial charge is 0.322 e. The molecule has 2 N–H and O–H groups in total. The molecule has 3 heteroatoms. The van der Waals surface area contributed by atoms with Gasteiger partial charge in [-0.15, -0.1) is 12.4 Å². The van der Waals surface area contributed by atoms with Crippen LogP contribution in [0.4, 0.5) is 0 Å². The van der Waals surface area contributed by atoms with Gasteiger partial charge in [0.15, 0.2) is 0 Å². The number of nitrogens with two attached hydrogens (primary N) is 1. The summed E-state index contributed by atoms with van der Waals surface area (Å²) in [5.41, 5.74) is 8.11. The van der Waals surface area contributed by atoms with Crippen LogP contribution in [0.1, 0.15) is 25.0 Å². The van der Waals surface area contributed by atoms with Gasteiger partial charge < -0.3 is 5.73 Å². The van der Waals surface area contributed by atoms with E-state index in [1.54, 1.807) is 0 Å². The third-order valence-electron chi connectivity index (χ3n) is 1.90. The average Bonchev–Trinajstić information content (AvgIpc) is 1.92. The first-order valence-corrected chi connectivity index (χ1v) is 4.76. The van der Waals surface area contributed by atoms with Crippen LogP contribution < -0.4 is 5.73 Å². The Morgan fingerprint density at radius 3 is 2.23 bits per heavy atom. The maximum atomic E-state index is 5.96. The van der Waals surface area contributed by atoms with Gasteiger partial charge in [0.25, 0.3) is 0 Å². The number of hydrogen-bond donors (Lipinski definition) is 1. The van der Waals surface area contributed by atoms with Crippen LogP contribution in [0.15, 0.2) is 22.7 Å². The quantitative estimate of drug-likeness (QED) is 0.827. The molecule has 0 spiro atoms. The zero-order chi connectivity index (χ0) is 9.35. The molecule has 0 aliphatic heterocycles. The standard InChI is InChI=1S/C10H14BrN.ClH/c1-7-6-8(10(2,3)12)4-5-9(7)11;/h4-6H,12H2,1-3H3;1H. The molecule has 0 aliphatic rings. The second-order valence-corrected chi connectivity index (χ2v) is 4.54. The third kappa shape index (κ3) is 3.29. The zero-order valence-corrected chi connectivity index (χ0v) is 10.5. The van der Waals surface area contributed by atoms with Gasteiger partial charge >= 0.3 is 0 Å². The molecule has 1 aromatic rings. The van der Waals surface area contributed by atoms with E-state index in [1.807, 2.05) is 19.9 Å². The van der Waals surface area contributed by atoms with E-state index in [0.717, 1.165) is 4.47 Å². The van der Waals surface area contributed by atoms with Crippen LogP contribution in [0.2, 0.25) is 0 Å². The molecular formula is C10H15BrClN. The van der Waals surface area contributed by atoms with Crippen LogP contribution in [-0.2, 0) is 5.54 Å². The molecule has 0 bridgehead atoms. The van der Waals surface area contributed by atoms with Gasteiger partial charge in [-0.2, -0.15) is 0 Å². The molecule has 0 radical (unpaired) electrons. The molecule has 1 nitrogen and oxygen atoms in total. The van der Waals surface area contributed by atoms with E-state index in [2.05, 4.69) is 35.0 Å². The lowest BCUT2D eigenvalue weighted by Crippen LogP contribution is -2.28. The molecule has 0 heterocycles. The van der Waals surface area contributed by atoms with Gasteiger partial charge in [0.05, 0.1) is 0 Å². The van der Waals surface area contributed by atoms with Crippen molar-refractivity contribution in [2.24, 2.45) is 5.73 Å². The van der Waals surface area contributed by atoms with E-state index in [1.165, 1.54) is 11.1 Å². The lowest BCUT2D eigenvalue weighted by molar-refractivity contribution is 0.554. The first-order chi connectivity index (χ1) is 5.41. The summed E-state index contributed by atoms with van der Waals surface area (Å²) in [6.07, 6.45) is 0. The Morgan fingerprint density at radius 2 is 1.85 bits per heavy atom. The van der Waals surface area contributed by atoms with E-state index in [0.29, 0.717) is 0 Å². The summed E-state index contributed by atoms with van der Waals surface area (Å²) in [4.78, 5) is 0. The number of benzene rings is 1. The SMILES string of the molecule is Cc1cc(C(C)(C)N)ccc1Br.Cl. The monoisotopic (exact) mass is 263 g/mol. The molecule has 1 aromatic carbocycles. The Bertz CT molecular complexity index is 291. The molecule has 0 unspecified atom stereocenters. The summed E-state index contributed by atoms with van der Waals surface area (Å²) in [6, 6.07) is 6.21. The Hall–Kier alpha value is -0.0500. The summed E-state index contributed by atoms with van der Waals surface area (Å²) in [6.45, 7) is 6.09. The minimum Gasteiger partial charge on any atom is -0.322 e. The molecular weight excluding hydrogens is 249 g/mol. The second kappa shape index (κ2) is 4.45. The van der Waals surface area contributed by atoms with Crippen molar-refractivity contribution in [1.29, 1.82) is 0 Å². The summed E-state index contributed by atoms with van der Waals surface area (Å²) in [5.74, 6) is 0.